The molecule has 2 aromatic rings. The third-order valence-corrected chi connectivity index (χ3v) is 6.09. The van der Waals surface area contributed by atoms with Gasteiger partial charge in [-0.05, 0) is 41.7 Å². The molecule has 6 heteroatoms. The lowest BCUT2D eigenvalue weighted by Crippen LogP contribution is -2.47. The summed E-state index contributed by atoms with van der Waals surface area (Å²) in [5.41, 5.74) is -4.58. The number of nitrogens with zero attached hydrogens (tertiary/aromatic N) is 2. The minimum absolute atomic E-state index is 0.264. The molecular formula is C21H20F2N2O2. The lowest BCUT2D eigenvalue weighted by molar-refractivity contribution is -0.139. The van der Waals surface area contributed by atoms with Crippen LogP contribution in [0.3, 0.4) is 0 Å². The Kier molecular flexibility index (Phi) is 3.39. The molecule has 4 nitrogen and oxygen atoms in total. The molecule has 3 fully saturated rings. The maximum atomic E-state index is 15.4. The number of carbonyl (C=O) groups is 2. The molecule has 1 saturated carbocycles. The molecule has 140 valence electrons. The average molecular weight is 370 g/mol. The topological polar surface area (TPSA) is 40.6 Å². The standard InChI is InChI=1S/C21H20F2N2O2/c22-20-11-24(10-14-5-6-14)19(27)21(20,23)13-25(12-20)18(26)17-8-7-15-3-1-2-4-16(15)9-17/h1-4,7-9,14H,5-6,10-13H2/t20-,21-/m1/s1. The van der Waals surface area contributed by atoms with Crippen LogP contribution >= 0.6 is 0 Å². The van der Waals surface area contributed by atoms with Gasteiger partial charge in [-0.25, -0.2) is 8.78 Å². The fourth-order valence-corrected chi connectivity index (χ4v) is 4.36. The molecule has 2 aliphatic heterocycles. The fourth-order valence-electron chi connectivity index (χ4n) is 4.36. The first-order chi connectivity index (χ1) is 12.9. The molecule has 0 bridgehead atoms. The second kappa shape index (κ2) is 5.50. The summed E-state index contributed by atoms with van der Waals surface area (Å²) in [5, 5.41) is 1.88. The van der Waals surface area contributed by atoms with Gasteiger partial charge in [0.1, 0.15) is 0 Å². The van der Waals surface area contributed by atoms with E-state index in [9.17, 15) is 9.59 Å². The van der Waals surface area contributed by atoms with Gasteiger partial charge >= 0.3 is 0 Å². The Balaban J connectivity index is 1.39. The van der Waals surface area contributed by atoms with E-state index in [0.717, 1.165) is 28.5 Å². The molecule has 2 amide bonds. The van der Waals surface area contributed by atoms with E-state index in [1.165, 1.54) is 4.90 Å². The Morgan fingerprint density at radius 3 is 2.48 bits per heavy atom. The molecule has 5 rings (SSSR count). The number of rotatable bonds is 3. The third-order valence-electron chi connectivity index (χ3n) is 6.09. The second-order valence-electron chi connectivity index (χ2n) is 8.12. The second-order valence-corrected chi connectivity index (χ2v) is 8.12. The SMILES string of the molecule is O=C(c1ccc2ccccc2c1)N1C[C@]2(F)CN(CC3CC3)C(=O)[C@]2(F)C1. The van der Waals surface area contributed by atoms with Gasteiger partial charge in [0.15, 0.2) is 5.67 Å². The molecule has 2 atom stereocenters. The predicted octanol–water partition coefficient (Wildman–Crippen LogP) is 2.96. The molecule has 2 saturated heterocycles. The van der Waals surface area contributed by atoms with Crippen LogP contribution in [0.1, 0.15) is 23.2 Å². The van der Waals surface area contributed by atoms with E-state index in [0.29, 0.717) is 18.0 Å². The molecule has 0 unspecified atom stereocenters. The fraction of sp³-hybridized carbons (Fsp3) is 0.429. The molecule has 0 spiro atoms. The van der Waals surface area contributed by atoms with Crippen LogP contribution in [0, 0.1) is 5.92 Å². The zero-order chi connectivity index (χ0) is 18.8. The number of alkyl halides is 2. The van der Waals surface area contributed by atoms with Crippen molar-refractivity contribution in [1.82, 2.24) is 9.80 Å². The van der Waals surface area contributed by atoms with Crippen molar-refractivity contribution in [2.24, 2.45) is 5.92 Å². The van der Waals surface area contributed by atoms with Crippen LogP contribution in [-0.4, -0.2) is 59.1 Å². The quantitative estimate of drug-likeness (QED) is 0.834. The van der Waals surface area contributed by atoms with E-state index in [4.69, 9.17) is 0 Å². The Bertz CT molecular complexity index is 960. The smallest absolute Gasteiger partial charge is 0.265 e. The van der Waals surface area contributed by atoms with Crippen molar-refractivity contribution in [3.63, 3.8) is 0 Å². The highest BCUT2D eigenvalue weighted by molar-refractivity contribution is 6.00. The van der Waals surface area contributed by atoms with Gasteiger partial charge in [-0.1, -0.05) is 30.3 Å². The molecule has 0 radical (unpaired) electrons. The Morgan fingerprint density at radius 2 is 1.78 bits per heavy atom. The average Bonchev–Trinajstić information content (AvgIpc) is 3.41. The lowest BCUT2D eigenvalue weighted by atomic mass is 9.93. The zero-order valence-electron chi connectivity index (χ0n) is 14.8. The normalized spacial score (nSPS) is 30.2. The summed E-state index contributed by atoms with van der Waals surface area (Å²) < 4.78 is 30.8. The minimum atomic E-state index is -2.63. The van der Waals surface area contributed by atoms with Crippen molar-refractivity contribution in [3.8, 4) is 0 Å². The van der Waals surface area contributed by atoms with Crippen LogP contribution in [0.25, 0.3) is 10.8 Å². The first-order valence-electron chi connectivity index (χ1n) is 9.35. The number of benzene rings is 2. The highest BCUT2D eigenvalue weighted by atomic mass is 19.2. The van der Waals surface area contributed by atoms with Crippen LogP contribution in [0.5, 0.6) is 0 Å². The van der Waals surface area contributed by atoms with Crippen LogP contribution < -0.4 is 0 Å². The van der Waals surface area contributed by atoms with Gasteiger partial charge in [0.25, 0.3) is 11.8 Å². The van der Waals surface area contributed by atoms with Crippen molar-refractivity contribution in [2.45, 2.75) is 24.2 Å². The first-order valence-corrected chi connectivity index (χ1v) is 9.35. The Labute approximate surface area is 155 Å². The zero-order valence-corrected chi connectivity index (χ0v) is 14.8. The summed E-state index contributed by atoms with van der Waals surface area (Å²) in [6.07, 6.45) is 2.02. The van der Waals surface area contributed by atoms with Crippen molar-refractivity contribution < 1.29 is 18.4 Å². The van der Waals surface area contributed by atoms with E-state index in [1.54, 1.807) is 12.1 Å². The van der Waals surface area contributed by atoms with Gasteiger partial charge in [-0.3, -0.25) is 9.59 Å². The van der Waals surface area contributed by atoms with Crippen molar-refractivity contribution in [2.75, 3.05) is 26.2 Å². The number of hydrogen-bond donors (Lipinski definition) is 0. The molecule has 27 heavy (non-hydrogen) atoms. The highest BCUT2D eigenvalue weighted by Crippen LogP contribution is 2.47. The summed E-state index contributed by atoms with van der Waals surface area (Å²) in [6.45, 7) is -0.744. The predicted molar refractivity (Wildman–Crippen MR) is 96.8 cm³/mol. The van der Waals surface area contributed by atoms with E-state index >= 15 is 8.78 Å². The van der Waals surface area contributed by atoms with Crippen LogP contribution in [0.15, 0.2) is 42.5 Å². The maximum Gasteiger partial charge on any atom is 0.265 e. The number of halogens is 2. The van der Waals surface area contributed by atoms with Gasteiger partial charge in [-0.15, -0.1) is 0 Å². The van der Waals surface area contributed by atoms with Gasteiger partial charge in [0, 0.05) is 12.1 Å². The molecule has 1 aliphatic carbocycles. The monoisotopic (exact) mass is 370 g/mol. The van der Waals surface area contributed by atoms with Crippen LogP contribution in [-0.2, 0) is 4.79 Å². The van der Waals surface area contributed by atoms with Crippen LogP contribution in [0.4, 0.5) is 8.78 Å². The first kappa shape index (κ1) is 16.7. The summed E-state index contributed by atoms with van der Waals surface area (Å²) in [4.78, 5) is 27.8. The van der Waals surface area contributed by atoms with E-state index in [1.807, 2.05) is 30.3 Å². The number of fused-ring (bicyclic) bond motifs is 2. The molecule has 2 aromatic carbocycles. The third kappa shape index (κ3) is 2.46. The highest BCUT2D eigenvalue weighted by Gasteiger charge is 2.71. The molecule has 0 N–H and O–H groups in total. The Hall–Kier alpha value is -2.50. The van der Waals surface area contributed by atoms with Gasteiger partial charge in [0.05, 0.1) is 19.6 Å². The molecular weight excluding hydrogens is 350 g/mol. The van der Waals surface area contributed by atoms with Gasteiger partial charge in [0.2, 0.25) is 5.67 Å². The van der Waals surface area contributed by atoms with E-state index < -0.39 is 29.7 Å². The Morgan fingerprint density at radius 1 is 1.04 bits per heavy atom. The number of likely N-dealkylation sites (tertiary alicyclic amines) is 2. The maximum absolute atomic E-state index is 15.4. The lowest BCUT2D eigenvalue weighted by Gasteiger charge is -2.22. The van der Waals surface area contributed by atoms with Crippen molar-refractivity contribution in [1.29, 1.82) is 0 Å². The van der Waals surface area contributed by atoms with Crippen molar-refractivity contribution in [3.05, 3.63) is 48.0 Å². The number of hydrogen-bond acceptors (Lipinski definition) is 2. The number of amides is 2. The minimum Gasteiger partial charge on any atom is -0.336 e. The van der Waals surface area contributed by atoms with E-state index in [-0.39, 0.29) is 13.1 Å². The largest absolute Gasteiger partial charge is 0.336 e. The van der Waals surface area contributed by atoms with Gasteiger partial charge in [-0.2, -0.15) is 0 Å². The van der Waals surface area contributed by atoms with Crippen molar-refractivity contribution >= 4 is 22.6 Å². The summed E-state index contributed by atoms with van der Waals surface area (Å²) in [6, 6.07) is 12.8. The molecule has 2 heterocycles. The summed E-state index contributed by atoms with van der Waals surface area (Å²) in [7, 11) is 0. The number of carbonyl (C=O) groups excluding carboxylic acids is 2. The molecule has 0 aromatic heterocycles. The summed E-state index contributed by atoms with van der Waals surface area (Å²) >= 11 is 0. The van der Waals surface area contributed by atoms with E-state index in [2.05, 4.69) is 0 Å². The van der Waals surface area contributed by atoms with Crippen LogP contribution in [0.2, 0.25) is 0 Å². The molecule has 3 aliphatic rings. The van der Waals surface area contributed by atoms with Gasteiger partial charge < -0.3 is 9.80 Å². The summed E-state index contributed by atoms with van der Waals surface area (Å²) in [5.74, 6) is -0.869.